The first-order valence-corrected chi connectivity index (χ1v) is 3.87. The van der Waals surface area contributed by atoms with Crippen molar-refractivity contribution in [1.82, 2.24) is 10.7 Å². The minimum atomic E-state index is -0.564. The van der Waals surface area contributed by atoms with Gasteiger partial charge in [0.25, 0.3) is 0 Å². The maximum atomic E-state index is 11.1. The molecule has 1 saturated heterocycles. The van der Waals surface area contributed by atoms with Gasteiger partial charge in [-0.3, -0.25) is 4.79 Å². The van der Waals surface area contributed by atoms with Gasteiger partial charge >= 0.3 is 10.1 Å². The zero-order valence-corrected chi connectivity index (χ0v) is 7.44. The molecule has 1 heterocycles. The van der Waals surface area contributed by atoms with E-state index < -0.39 is 5.54 Å². The molecule has 0 saturated carbocycles. The summed E-state index contributed by atoms with van der Waals surface area (Å²) < 4.78 is 0. The monoisotopic (exact) mass is 166 g/mol. The van der Waals surface area contributed by atoms with E-state index in [4.69, 9.17) is 5.84 Å². The molecule has 0 aromatic heterocycles. The van der Waals surface area contributed by atoms with E-state index in [2.05, 4.69) is 10.7 Å². The summed E-state index contributed by atoms with van der Waals surface area (Å²) in [6, 6.07) is 0. The van der Waals surface area contributed by atoms with Gasteiger partial charge in [-0.05, 0) is 32.9 Å². The molecule has 3 N–H and O–H groups in total. The average Bonchev–Trinajstić information content (AvgIpc) is 2.05. The van der Waals surface area contributed by atoms with Crippen LogP contribution in [0.25, 0.3) is 5.84 Å². The first kappa shape index (κ1) is 11.7. The molecule has 66 valence electrons. The molecule has 5 heteroatoms. The van der Waals surface area contributed by atoms with Crippen molar-refractivity contribution in [3.05, 3.63) is 5.84 Å². The van der Waals surface area contributed by atoms with Crippen LogP contribution >= 0.6 is 0 Å². The Kier molecular flexibility index (Phi) is 4.56. The molecule has 1 rings (SSSR count). The largest absolute Gasteiger partial charge is 2.00 e. The van der Waals surface area contributed by atoms with Gasteiger partial charge in [0.15, 0.2) is 0 Å². The second-order valence-electron chi connectivity index (χ2n) is 3.01. The Bertz CT molecular complexity index is 162. The van der Waals surface area contributed by atoms with E-state index >= 15 is 0 Å². The van der Waals surface area contributed by atoms with Gasteiger partial charge in [0, 0.05) is 0 Å². The number of ketones is 1. The number of nitrogens with one attached hydrogen (secondary N) is 3. The van der Waals surface area contributed by atoms with Gasteiger partial charge in [0.2, 0.25) is 0 Å². The molecule has 0 radical (unpaired) electrons. The Morgan fingerprint density at radius 1 is 1.58 bits per heavy atom. The summed E-state index contributed by atoms with van der Waals surface area (Å²) >= 11 is 0. The number of carbonyl (C=O) groups excluding carboxylic acids is 1. The van der Waals surface area contributed by atoms with Crippen LogP contribution in [0.1, 0.15) is 21.2 Å². The standard InChI is InChI=1S/C7H14N3O.Be.H/c1-6(11)7(10-8)2-4-9-5-3-7;;/h8-10H,2-5H2,1H3;;/q-1;+2;-1. The van der Waals surface area contributed by atoms with Crippen LogP contribution in [0.5, 0.6) is 0 Å². The zero-order valence-electron chi connectivity index (χ0n) is 8.44. The molecule has 0 atom stereocenters. The normalized spacial score (nSPS) is 21.2. The van der Waals surface area contributed by atoms with Gasteiger partial charge in [0.05, 0.1) is 5.54 Å². The molecule has 0 unspecified atom stereocenters. The maximum absolute atomic E-state index is 11.1. The summed E-state index contributed by atoms with van der Waals surface area (Å²) in [5.74, 6) is 7.15. The fourth-order valence-corrected chi connectivity index (χ4v) is 1.42. The molecule has 0 bridgehead atoms. The Hall–Kier alpha value is -0.281. The molecule has 0 aliphatic carbocycles. The molecule has 4 nitrogen and oxygen atoms in total. The van der Waals surface area contributed by atoms with Crippen molar-refractivity contribution < 1.29 is 6.22 Å². The molecule has 12 heavy (non-hydrogen) atoms. The van der Waals surface area contributed by atoms with Gasteiger partial charge in [-0.2, -0.15) is 0 Å². The van der Waals surface area contributed by atoms with Crippen molar-refractivity contribution >= 4 is 15.9 Å². The summed E-state index contributed by atoms with van der Waals surface area (Å²) in [5.41, 5.74) is 1.81. The average molecular weight is 166 g/mol. The number of piperidine rings is 1. The number of hydrogen-bond acceptors (Lipinski definition) is 3. The minimum absolute atomic E-state index is 0. The summed E-state index contributed by atoms with van der Waals surface area (Å²) in [5, 5.41) is 3.15. The summed E-state index contributed by atoms with van der Waals surface area (Å²) in [4.78, 5) is 11.1. The predicted molar refractivity (Wildman–Crippen MR) is 49.8 cm³/mol. The zero-order chi connectivity index (χ0) is 8.32. The van der Waals surface area contributed by atoms with E-state index in [1.807, 2.05) is 0 Å². The molecular weight excluding hydrogens is 151 g/mol. The minimum Gasteiger partial charge on any atom is -1.00 e. The summed E-state index contributed by atoms with van der Waals surface area (Å²) in [6.45, 7) is 3.20. The smallest absolute Gasteiger partial charge is 1.00 e. The quantitative estimate of drug-likeness (QED) is 0.448. The van der Waals surface area contributed by atoms with Crippen molar-refractivity contribution in [3.8, 4) is 0 Å². The van der Waals surface area contributed by atoms with E-state index in [1.165, 1.54) is 0 Å². The molecule has 0 aromatic rings. The SMILES string of the molecule is CC(=O)C1(N[NH-])CCNCC1.[Be+2].[H-]. The van der Waals surface area contributed by atoms with E-state index in [0.29, 0.717) is 0 Å². The third kappa shape index (κ3) is 2.11. The Labute approximate surface area is 77.9 Å². The summed E-state index contributed by atoms with van der Waals surface area (Å²) in [6.07, 6.45) is 1.46. The van der Waals surface area contributed by atoms with Crippen molar-refractivity contribution in [2.24, 2.45) is 0 Å². The number of hydrogen-bond donors (Lipinski definition) is 2. The second kappa shape index (κ2) is 4.67. The van der Waals surface area contributed by atoms with Gasteiger partial charge in [-0.25, -0.2) is 0 Å². The topological polar surface area (TPSA) is 64.9 Å². The van der Waals surface area contributed by atoms with Gasteiger partial charge < -0.3 is 18.0 Å². The molecule has 0 spiro atoms. The number of carbonyl (C=O) groups is 1. The van der Waals surface area contributed by atoms with Crippen LogP contribution < -0.4 is 10.7 Å². The van der Waals surface area contributed by atoms with Gasteiger partial charge in [0.1, 0.15) is 5.78 Å². The van der Waals surface area contributed by atoms with E-state index in [9.17, 15) is 4.79 Å². The predicted octanol–water partition coefficient (Wildman–Crippen LogP) is -0.0139. The Morgan fingerprint density at radius 2 is 2.08 bits per heavy atom. The van der Waals surface area contributed by atoms with E-state index in [1.54, 1.807) is 6.92 Å². The third-order valence-corrected chi connectivity index (χ3v) is 2.37. The van der Waals surface area contributed by atoms with Gasteiger partial charge in [-0.15, -0.1) is 0 Å². The van der Waals surface area contributed by atoms with Crippen LogP contribution in [0.3, 0.4) is 0 Å². The Balaban J connectivity index is 0. The van der Waals surface area contributed by atoms with Crippen LogP contribution in [0.2, 0.25) is 0 Å². The van der Waals surface area contributed by atoms with Crippen LogP contribution in [-0.4, -0.2) is 34.5 Å². The molecule has 0 aromatic carbocycles. The van der Waals surface area contributed by atoms with Crippen LogP contribution in [-0.2, 0) is 4.79 Å². The van der Waals surface area contributed by atoms with Crippen LogP contribution in [0.15, 0.2) is 0 Å². The Morgan fingerprint density at radius 3 is 2.33 bits per heavy atom. The van der Waals surface area contributed by atoms with Crippen molar-refractivity contribution in [2.75, 3.05) is 13.1 Å². The van der Waals surface area contributed by atoms with Crippen molar-refractivity contribution in [1.29, 1.82) is 0 Å². The fourth-order valence-electron chi connectivity index (χ4n) is 1.42. The molecule has 1 aliphatic heterocycles. The van der Waals surface area contributed by atoms with Gasteiger partial charge in [-0.1, -0.05) is 0 Å². The first-order chi connectivity index (χ1) is 5.21. The first-order valence-electron chi connectivity index (χ1n) is 3.87. The number of Topliss-reactive ketones (excluding diaryl/α,β-unsaturated/α-hetero) is 1. The summed E-state index contributed by atoms with van der Waals surface area (Å²) in [7, 11) is 0. The van der Waals surface area contributed by atoms with Crippen LogP contribution in [0.4, 0.5) is 0 Å². The molecular formula is C7H15BeN3O. The van der Waals surface area contributed by atoms with Crippen LogP contribution in [0, 0.1) is 0 Å². The van der Waals surface area contributed by atoms with Crippen molar-refractivity contribution in [3.63, 3.8) is 0 Å². The maximum Gasteiger partial charge on any atom is 2.00 e. The van der Waals surface area contributed by atoms with Crippen molar-refractivity contribution in [2.45, 2.75) is 25.3 Å². The molecule has 1 aliphatic rings. The fraction of sp³-hybridized carbons (Fsp3) is 0.857. The van der Waals surface area contributed by atoms with E-state index in [0.717, 1.165) is 25.9 Å². The second-order valence-corrected chi connectivity index (χ2v) is 3.01. The molecule has 1 fully saturated rings. The molecule has 0 amide bonds. The van der Waals surface area contributed by atoms with E-state index in [-0.39, 0.29) is 17.3 Å². The third-order valence-electron chi connectivity index (χ3n) is 2.37. The number of rotatable bonds is 2.